The van der Waals surface area contributed by atoms with Gasteiger partial charge in [0.05, 0.1) is 22.9 Å². The van der Waals surface area contributed by atoms with Crippen molar-refractivity contribution in [3.05, 3.63) is 59.7 Å². The minimum Gasteiger partial charge on any atom is -0.355 e. The number of aromatic nitrogens is 4. The molecule has 0 aliphatic heterocycles. The third kappa shape index (κ3) is 4.90. The molecule has 29 heavy (non-hydrogen) atoms. The minimum atomic E-state index is -0.0295. The van der Waals surface area contributed by atoms with E-state index in [0.717, 1.165) is 21.9 Å². The second-order valence-electron chi connectivity index (χ2n) is 6.16. The molecular weight excluding hydrogens is 410 g/mol. The molecule has 4 rings (SSSR count). The predicted molar refractivity (Wildman–Crippen MR) is 110 cm³/mol. The van der Waals surface area contributed by atoms with Crippen LogP contribution in [0.15, 0.2) is 57.2 Å². The average Bonchev–Trinajstić information content (AvgIpc) is 3.50. The van der Waals surface area contributed by atoms with Crippen molar-refractivity contribution in [1.29, 1.82) is 0 Å². The van der Waals surface area contributed by atoms with Gasteiger partial charge in [-0.05, 0) is 23.6 Å². The van der Waals surface area contributed by atoms with Gasteiger partial charge in [-0.2, -0.15) is 4.98 Å². The first-order valence-corrected chi connectivity index (χ1v) is 10.8. The molecule has 8 nitrogen and oxygen atoms in total. The number of rotatable bonds is 8. The molecule has 0 aliphatic rings. The molecule has 4 heterocycles. The normalized spacial score (nSPS) is 10.9. The number of thioether (sulfide) groups is 1. The van der Waals surface area contributed by atoms with Crippen LogP contribution in [0.3, 0.4) is 0 Å². The van der Waals surface area contributed by atoms with Crippen molar-refractivity contribution >= 4 is 29.0 Å². The molecule has 0 aromatic carbocycles. The van der Waals surface area contributed by atoms with Crippen molar-refractivity contribution in [1.82, 2.24) is 25.2 Å². The summed E-state index contributed by atoms with van der Waals surface area (Å²) < 4.78 is 10.6. The number of pyridine rings is 1. The van der Waals surface area contributed by atoms with Crippen LogP contribution in [0.5, 0.6) is 0 Å². The van der Waals surface area contributed by atoms with E-state index in [-0.39, 0.29) is 12.5 Å². The van der Waals surface area contributed by atoms with E-state index >= 15 is 0 Å². The largest absolute Gasteiger partial charge is 0.355 e. The molecule has 0 saturated heterocycles. The van der Waals surface area contributed by atoms with Crippen LogP contribution >= 0.6 is 23.1 Å². The van der Waals surface area contributed by atoms with Crippen molar-refractivity contribution in [2.75, 3.05) is 12.8 Å². The maximum atomic E-state index is 12.4. The standard InChI is InChI=1S/C19H17N5O3S2/c1-24(10-17-21-19(23-27-17)13-4-2-6-20-9-13)18(25)12-28-11-14-8-15(26-22-14)16-5-3-7-29-16/h2-9H,10-12H2,1H3. The van der Waals surface area contributed by atoms with Crippen LogP contribution in [-0.4, -0.2) is 43.9 Å². The minimum absolute atomic E-state index is 0.0295. The Kier molecular flexibility index (Phi) is 6.01. The fourth-order valence-electron chi connectivity index (χ4n) is 2.49. The number of amides is 1. The zero-order valence-electron chi connectivity index (χ0n) is 15.5. The molecule has 148 valence electrons. The van der Waals surface area contributed by atoms with Gasteiger partial charge < -0.3 is 13.9 Å². The molecule has 0 fully saturated rings. The number of carbonyl (C=O) groups excluding carboxylic acids is 1. The summed E-state index contributed by atoms with van der Waals surface area (Å²) in [7, 11) is 1.71. The van der Waals surface area contributed by atoms with Crippen LogP contribution in [0.2, 0.25) is 0 Å². The zero-order chi connectivity index (χ0) is 20.1. The lowest BCUT2D eigenvalue weighted by Crippen LogP contribution is -2.28. The van der Waals surface area contributed by atoms with Gasteiger partial charge in [-0.1, -0.05) is 16.4 Å². The Balaban J connectivity index is 1.25. The number of hydrogen-bond acceptors (Lipinski definition) is 9. The number of carbonyl (C=O) groups is 1. The van der Waals surface area contributed by atoms with E-state index in [0.29, 0.717) is 23.2 Å². The van der Waals surface area contributed by atoms with E-state index in [1.54, 1.807) is 41.7 Å². The molecule has 0 bridgehead atoms. The first-order chi connectivity index (χ1) is 14.2. The molecule has 4 aromatic rings. The van der Waals surface area contributed by atoms with Gasteiger partial charge in [-0.3, -0.25) is 9.78 Å². The lowest BCUT2D eigenvalue weighted by Gasteiger charge is -2.14. The summed E-state index contributed by atoms with van der Waals surface area (Å²) >= 11 is 3.08. The Hall–Kier alpha value is -2.98. The predicted octanol–water partition coefficient (Wildman–Crippen LogP) is 3.74. The number of hydrogen-bond donors (Lipinski definition) is 0. The van der Waals surface area contributed by atoms with Crippen molar-refractivity contribution in [3.8, 4) is 22.0 Å². The summed E-state index contributed by atoms with van der Waals surface area (Å²) in [5.74, 6) is 2.47. The molecule has 0 atom stereocenters. The van der Waals surface area contributed by atoms with E-state index in [1.165, 1.54) is 11.8 Å². The lowest BCUT2D eigenvalue weighted by atomic mass is 10.3. The molecule has 4 aromatic heterocycles. The van der Waals surface area contributed by atoms with Gasteiger partial charge in [-0.15, -0.1) is 23.1 Å². The second kappa shape index (κ2) is 9.01. The molecule has 0 aliphatic carbocycles. The summed E-state index contributed by atoms with van der Waals surface area (Å²) in [4.78, 5) is 23.3. The van der Waals surface area contributed by atoms with Crippen LogP contribution in [-0.2, 0) is 17.1 Å². The molecule has 0 unspecified atom stereocenters. The summed E-state index contributed by atoms with van der Waals surface area (Å²) in [5.41, 5.74) is 1.58. The van der Waals surface area contributed by atoms with Crippen LogP contribution in [0.25, 0.3) is 22.0 Å². The third-order valence-corrected chi connectivity index (χ3v) is 5.82. The molecule has 0 N–H and O–H groups in total. The quantitative estimate of drug-likeness (QED) is 0.419. The van der Waals surface area contributed by atoms with Crippen molar-refractivity contribution < 1.29 is 13.8 Å². The molecular formula is C19H17N5O3S2. The first-order valence-electron chi connectivity index (χ1n) is 8.73. The summed E-state index contributed by atoms with van der Waals surface area (Å²) in [6.07, 6.45) is 3.34. The highest BCUT2D eigenvalue weighted by molar-refractivity contribution is 7.99. The van der Waals surface area contributed by atoms with Crippen LogP contribution in [0, 0.1) is 0 Å². The van der Waals surface area contributed by atoms with Gasteiger partial charge in [-0.25, -0.2) is 0 Å². The van der Waals surface area contributed by atoms with Gasteiger partial charge in [0.2, 0.25) is 17.6 Å². The Morgan fingerprint density at radius 3 is 2.97 bits per heavy atom. The lowest BCUT2D eigenvalue weighted by molar-refractivity contribution is -0.127. The Morgan fingerprint density at radius 2 is 2.17 bits per heavy atom. The molecule has 0 saturated carbocycles. The van der Waals surface area contributed by atoms with E-state index in [9.17, 15) is 4.79 Å². The molecule has 1 amide bonds. The van der Waals surface area contributed by atoms with Crippen LogP contribution in [0.4, 0.5) is 0 Å². The highest BCUT2D eigenvalue weighted by Gasteiger charge is 2.15. The maximum absolute atomic E-state index is 12.4. The summed E-state index contributed by atoms with van der Waals surface area (Å²) in [6.45, 7) is 0.249. The summed E-state index contributed by atoms with van der Waals surface area (Å²) in [5, 5.41) is 9.99. The van der Waals surface area contributed by atoms with Gasteiger partial charge in [0.25, 0.3) is 0 Å². The summed E-state index contributed by atoms with van der Waals surface area (Å²) in [6, 6.07) is 9.51. The first kappa shape index (κ1) is 19.3. The molecule has 0 spiro atoms. The average molecular weight is 428 g/mol. The smallest absolute Gasteiger partial charge is 0.246 e. The van der Waals surface area contributed by atoms with Gasteiger partial charge in [0, 0.05) is 36.8 Å². The Labute approximate surface area is 174 Å². The Morgan fingerprint density at radius 1 is 1.24 bits per heavy atom. The Bertz CT molecular complexity index is 1060. The van der Waals surface area contributed by atoms with Gasteiger partial charge in [0.1, 0.15) is 0 Å². The van der Waals surface area contributed by atoms with E-state index in [1.807, 2.05) is 29.6 Å². The van der Waals surface area contributed by atoms with Crippen LogP contribution in [0.1, 0.15) is 11.6 Å². The van der Waals surface area contributed by atoms with Crippen molar-refractivity contribution in [2.24, 2.45) is 0 Å². The van der Waals surface area contributed by atoms with Crippen molar-refractivity contribution in [3.63, 3.8) is 0 Å². The zero-order valence-corrected chi connectivity index (χ0v) is 17.2. The fourth-order valence-corrected chi connectivity index (χ4v) is 4.01. The highest BCUT2D eigenvalue weighted by atomic mass is 32.2. The van der Waals surface area contributed by atoms with Crippen molar-refractivity contribution in [2.45, 2.75) is 12.3 Å². The van der Waals surface area contributed by atoms with E-state index < -0.39 is 0 Å². The van der Waals surface area contributed by atoms with E-state index in [4.69, 9.17) is 9.05 Å². The van der Waals surface area contributed by atoms with Gasteiger partial charge in [0.15, 0.2) is 5.76 Å². The van der Waals surface area contributed by atoms with Crippen LogP contribution < -0.4 is 0 Å². The second-order valence-corrected chi connectivity index (χ2v) is 8.09. The topological polar surface area (TPSA) is 98.2 Å². The maximum Gasteiger partial charge on any atom is 0.246 e. The van der Waals surface area contributed by atoms with E-state index in [2.05, 4.69) is 20.3 Å². The SMILES string of the molecule is CN(Cc1nc(-c2cccnc2)no1)C(=O)CSCc1cc(-c2cccs2)on1. The molecule has 0 radical (unpaired) electrons. The van der Waals surface area contributed by atoms with Gasteiger partial charge >= 0.3 is 0 Å². The number of nitrogens with zero attached hydrogens (tertiary/aromatic N) is 5. The molecule has 10 heteroatoms. The highest BCUT2D eigenvalue weighted by Crippen LogP contribution is 2.26. The number of thiophene rings is 1. The fraction of sp³-hybridized carbons (Fsp3) is 0.211. The third-order valence-electron chi connectivity index (χ3n) is 3.98. The monoisotopic (exact) mass is 427 g/mol.